The molecular formula is C27H34N4O7S. The summed E-state index contributed by atoms with van der Waals surface area (Å²) in [7, 11) is -3.88. The fourth-order valence-corrected chi connectivity index (χ4v) is 5.92. The second-order valence-electron chi connectivity index (χ2n) is 9.34. The van der Waals surface area contributed by atoms with Crippen molar-refractivity contribution in [2.75, 3.05) is 32.6 Å². The molecule has 0 radical (unpaired) electrons. The number of hydrogen-bond donors (Lipinski definition) is 2. The lowest BCUT2D eigenvalue weighted by molar-refractivity contribution is -0.142. The summed E-state index contributed by atoms with van der Waals surface area (Å²) >= 11 is 0. The second-order valence-corrected chi connectivity index (χ2v) is 11.5. The van der Waals surface area contributed by atoms with Gasteiger partial charge in [0.25, 0.3) is 5.91 Å². The quantitative estimate of drug-likeness (QED) is 0.363. The van der Waals surface area contributed by atoms with Gasteiger partial charge in [-0.05, 0) is 29.7 Å². The molecule has 2 unspecified atom stereocenters. The third-order valence-corrected chi connectivity index (χ3v) is 8.04. The van der Waals surface area contributed by atoms with E-state index in [1.165, 1.54) is 4.90 Å². The number of rotatable bonds is 12. The van der Waals surface area contributed by atoms with Crippen molar-refractivity contribution < 1.29 is 32.3 Å². The van der Waals surface area contributed by atoms with Gasteiger partial charge >= 0.3 is 0 Å². The average molecular weight is 559 g/mol. The Bertz CT molecular complexity index is 1250. The monoisotopic (exact) mass is 558 g/mol. The highest BCUT2D eigenvalue weighted by Gasteiger charge is 2.40. The molecule has 0 saturated carbocycles. The first-order valence-electron chi connectivity index (χ1n) is 12.7. The van der Waals surface area contributed by atoms with Crippen molar-refractivity contribution in [3.8, 4) is 0 Å². The van der Waals surface area contributed by atoms with Gasteiger partial charge in [-0.15, -0.1) is 0 Å². The van der Waals surface area contributed by atoms with Gasteiger partial charge in [-0.25, -0.2) is 8.42 Å². The Balaban J connectivity index is 1.83. The molecule has 2 N–H and O–H groups in total. The Hall–Kier alpha value is -3.64. The van der Waals surface area contributed by atoms with E-state index in [2.05, 4.69) is 15.6 Å². The Kier molecular flexibility index (Phi) is 10.7. The van der Waals surface area contributed by atoms with Crippen LogP contribution in [-0.4, -0.2) is 80.4 Å². The lowest BCUT2D eigenvalue weighted by Gasteiger charge is -2.31. The molecule has 3 amide bonds. The summed E-state index contributed by atoms with van der Waals surface area (Å²) in [6.07, 6.45) is 3.83. The van der Waals surface area contributed by atoms with Gasteiger partial charge in [-0.3, -0.25) is 24.2 Å². The van der Waals surface area contributed by atoms with E-state index < -0.39 is 57.0 Å². The van der Waals surface area contributed by atoms with E-state index in [9.17, 15) is 27.6 Å². The first-order chi connectivity index (χ1) is 18.6. The van der Waals surface area contributed by atoms with Gasteiger partial charge < -0.3 is 20.3 Å². The summed E-state index contributed by atoms with van der Waals surface area (Å²) in [6.45, 7) is 3.07. The molecule has 1 fully saturated rings. The minimum Gasteiger partial charge on any atom is -0.378 e. The number of ketones is 1. The Morgan fingerprint density at radius 1 is 1.03 bits per heavy atom. The molecule has 210 valence electrons. The zero-order chi connectivity index (χ0) is 28.4. The lowest BCUT2D eigenvalue weighted by atomic mass is 9.93. The number of carbonyl (C=O) groups excluding carboxylic acids is 4. The molecule has 1 saturated heterocycles. The number of ether oxygens (including phenoxy) is 1. The second kappa shape index (κ2) is 13.9. The molecule has 0 aliphatic carbocycles. The number of carbonyl (C=O) groups is 4. The van der Waals surface area contributed by atoms with Gasteiger partial charge in [0.15, 0.2) is 9.84 Å². The molecule has 1 aliphatic heterocycles. The lowest BCUT2D eigenvalue weighted by Crippen LogP contribution is -2.51. The molecule has 1 aliphatic rings. The molecular weight excluding hydrogens is 524 g/mol. The number of morpholine rings is 1. The van der Waals surface area contributed by atoms with Crippen LogP contribution in [0.2, 0.25) is 0 Å². The standard InChI is InChI=1S/C27H34N4O7S/c1-3-22(24(33)27(35)29-18-19-9-11-28-12-10-19)30-26(34)21(17-23(32)31-13-15-38-16-14-31)25(39(2,36)37)20-7-5-4-6-8-20/h4-12,21-22,25H,3,13-18H2,1-2H3,(H,29,35)(H,30,34)/t21?,22?,25-/m1/s1. The summed E-state index contributed by atoms with van der Waals surface area (Å²) in [6, 6.07) is 10.4. The van der Waals surface area contributed by atoms with Gasteiger partial charge in [0.1, 0.15) is 0 Å². The third kappa shape index (κ3) is 8.42. The number of amides is 3. The largest absolute Gasteiger partial charge is 0.378 e. The zero-order valence-corrected chi connectivity index (χ0v) is 22.9. The van der Waals surface area contributed by atoms with E-state index >= 15 is 0 Å². The molecule has 1 aromatic heterocycles. The van der Waals surface area contributed by atoms with Crippen molar-refractivity contribution in [2.24, 2.45) is 5.92 Å². The Morgan fingerprint density at radius 3 is 2.26 bits per heavy atom. The van der Waals surface area contributed by atoms with Crippen LogP contribution in [0.5, 0.6) is 0 Å². The maximum Gasteiger partial charge on any atom is 0.289 e. The molecule has 12 heteroatoms. The van der Waals surface area contributed by atoms with Gasteiger partial charge in [0, 0.05) is 44.7 Å². The van der Waals surface area contributed by atoms with Crippen LogP contribution in [0, 0.1) is 5.92 Å². The summed E-state index contributed by atoms with van der Waals surface area (Å²) in [5, 5.41) is 3.75. The van der Waals surface area contributed by atoms with E-state index in [1.807, 2.05) is 0 Å². The van der Waals surface area contributed by atoms with Gasteiger partial charge in [0.2, 0.25) is 17.6 Å². The molecule has 2 aromatic rings. The highest BCUT2D eigenvalue weighted by molar-refractivity contribution is 7.91. The van der Waals surface area contributed by atoms with Crippen LogP contribution in [-0.2, 0) is 40.3 Å². The third-order valence-electron chi connectivity index (χ3n) is 6.52. The maximum atomic E-state index is 13.6. The molecule has 0 spiro atoms. The number of sulfone groups is 1. The number of benzene rings is 1. The van der Waals surface area contributed by atoms with Crippen LogP contribution in [0.1, 0.15) is 36.1 Å². The summed E-state index contributed by atoms with van der Waals surface area (Å²) in [5.74, 6) is -4.27. The number of Topliss-reactive ketones (excluding diaryl/α,β-unsaturated/α-hetero) is 1. The van der Waals surface area contributed by atoms with Crippen LogP contribution >= 0.6 is 0 Å². The first-order valence-corrected chi connectivity index (χ1v) is 14.7. The Labute approximate surface area is 228 Å². The number of hydrogen-bond acceptors (Lipinski definition) is 8. The fourth-order valence-electron chi connectivity index (χ4n) is 4.45. The smallest absolute Gasteiger partial charge is 0.289 e. The fraction of sp³-hybridized carbons (Fsp3) is 0.444. The summed E-state index contributed by atoms with van der Waals surface area (Å²) < 4.78 is 31.3. The molecule has 1 aromatic carbocycles. The number of nitrogens with zero attached hydrogens (tertiary/aromatic N) is 2. The predicted molar refractivity (Wildman–Crippen MR) is 143 cm³/mol. The molecule has 3 rings (SSSR count). The highest BCUT2D eigenvalue weighted by atomic mass is 32.2. The Morgan fingerprint density at radius 2 is 1.67 bits per heavy atom. The first kappa shape index (κ1) is 29.9. The molecule has 39 heavy (non-hydrogen) atoms. The average Bonchev–Trinajstić information content (AvgIpc) is 2.94. The van der Waals surface area contributed by atoms with Crippen molar-refractivity contribution in [1.82, 2.24) is 20.5 Å². The number of nitrogens with one attached hydrogen (secondary N) is 2. The van der Waals surface area contributed by atoms with Gasteiger partial charge in [-0.2, -0.15) is 0 Å². The van der Waals surface area contributed by atoms with Crippen molar-refractivity contribution in [3.63, 3.8) is 0 Å². The van der Waals surface area contributed by atoms with Crippen LogP contribution in [0.4, 0.5) is 0 Å². The van der Waals surface area contributed by atoms with Crippen LogP contribution in [0.25, 0.3) is 0 Å². The van der Waals surface area contributed by atoms with Gasteiger partial charge in [0.05, 0.1) is 30.4 Å². The molecule has 0 bridgehead atoms. The van der Waals surface area contributed by atoms with Crippen molar-refractivity contribution in [2.45, 2.75) is 37.6 Å². The van der Waals surface area contributed by atoms with Gasteiger partial charge in [-0.1, -0.05) is 37.3 Å². The van der Waals surface area contributed by atoms with E-state index in [4.69, 9.17) is 4.74 Å². The zero-order valence-electron chi connectivity index (χ0n) is 22.0. The van der Waals surface area contributed by atoms with Crippen molar-refractivity contribution >= 4 is 33.3 Å². The SMILES string of the molecule is CCC(NC(=O)C(CC(=O)N1CCOCC1)[C@@H](c1ccccc1)S(C)(=O)=O)C(=O)C(=O)NCc1ccncc1. The topological polar surface area (TPSA) is 152 Å². The molecule has 2 heterocycles. The highest BCUT2D eigenvalue weighted by Crippen LogP contribution is 2.33. The van der Waals surface area contributed by atoms with Crippen molar-refractivity contribution in [3.05, 3.63) is 66.0 Å². The normalized spacial score (nSPS) is 16.0. The van der Waals surface area contributed by atoms with E-state index in [0.717, 1.165) is 11.8 Å². The summed E-state index contributed by atoms with van der Waals surface area (Å²) in [4.78, 5) is 57.7. The number of aromatic nitrogens is 1. The van der Waals surface area contributed by atoms with Crippen LogP contribution in [0.15, 0.2) is 54.9 Å². The minimum absolute atomic E-state index is 0.0895. The predicted octanol–water partition coefficient (Wildman–Crippen LogP) is 0.813. The van der Waals surface area contributed by atoms with Crippen LogP contribution < -0.4 is 10.6 Å². The molecule has 3 atom stereocenters. The maximum absolute atomic E-state index is 13.6. The van der Waals surface area contributed by atoms with Crippen LogP contribution in [0.3, 0.4) is 0 Å². The van der Waals surface area contributed by atoms with E-state index in [1.54, 1.807) is 61.8 Å². The van der Waals surface area contributed by atoms with E-state index in [-0.39, 0.29) is 13.0 Å². The van der Waals surface area contributed by atoms with E-state index in [0.29, 0.717) is 31.9 Å². The summed E-state index contributed by atoms with van der Waals surface area (Å²) in [5.41, 5.74) is 1.09. The minimum atomic E-state index is -3.88. The number of pyridine rings is 1. The molecule has 11 nitrogen and oxygen atoms in total. The van der Waals surface area contributed by atoms with Crippen molar-refractivity contribution in [1.29, 1.82) is 0 Å².